The Hall–Kier alpha value is -0.653. The Balaban J connectivity index is 3.86. The van der Waals surface area contributed by atoms with Crippen LogP contribution in [0.15, 0.2) is 12.2 Å². The second-order valence-corrected chi connectivity index (χ2v) is 7.24. The van der Waals surface area contributed by atoms with E-state index in [1.165, 1.54) is 6.08 Å². The van der Waals surface area contributed by atoms with Gasteiger partial charge in [0.15, 0.2) is 0 Å². The average Bonchev–Trinajstić information content (AvgIpc) is 2.26. The molecule has 17 heavy (non-hydrogen) atoms. The van der Waals surface area contributed by atoms with Crippen molar-refractivity contribution in [2.24, 2.45) is 0 Å². The number of carbonyl (C=O) groups is 1. The summed E-state index contributed by atoms with van der Waals surface area (Å²) in [6.45, 7) is 9.92. The Bertz CT molecular complexity index is 238. The van der Waals surface area contributed by atoms with Gasteiger partial charge in [-0.2, -0.15) is 0 Å². The molecule has 5 heteroatoms. The first-order chi connectivity index (χ1) is 8.08. The second kappa shape index (κ2) is 9.38. The minimum absolute atomic E-state index is 0.0383. The van der Waals surface area contributed by atoms with Gasteiger partial charge in [0.05, 0.1) is 0 Å². The van der Waals surface area contributed by atoms with Crippen LogP contribution in [0.3, 0.4) is 0 Å². The van der Waals surface area contributed by atoms with Gasteiger partial charge in [-0.15, -0.1) is 0 Å². The molecule has 1 amide bonds. The molecule has 0 aliphatic carbocycles. The molecule has 0 aliphatic rings. The highest BCUT2D eigenvalue weighted by Gasteiger charge is 2.29. The number of rotatable bonds is 9. The van der Waals surface area contributed by atoms with E-state index in [0.29, 0.717) is 19.8 Å². The third-order valence-corrected chi connectivity index (χ3v) is 5.38. The maximum Gasteiger partial charge on any atom is 0.334 e. The highest BCUT2D eigenvalue weighted by atomic mass is 28.4. The van der Waals surface area contributed by atoms with Crippen LogP contribution in [0.5, 0.6) is 0 Å². The Morgan fingerprint density at radius 1 is 1.29 bits per heavy atom. The topological polar surface area (TPSA) is 47.6 Å². The van der Waals surface area contributed by atoms with Crippen LogP contribution < -0.4 is 5.32 Å². The summed E-state index contributed by atoms with van der Waals surface area (Å²) < 4.78 is 11.4. The summed E-state index contributed by atoms with van der Waals surface area (Å²) in [5.74, 6) is -0.0383. The molecular formula is C12H25NO3Si. The van der Waals surface area contributed by atoms with E-state index in [4.69, 9.17) is 8.85 Å². The quantitative estimate of drug-likeness (QED) is 0.392. The highest BCUT2D eigenvalue weighted by Crippen LogP contribution is 2.15. The van der Waals surface area contributed by atoms with Gasteiger partial charge in [0.1, 0.15) is 0 Å². The van der Waals surface area contributed by atoms with Gasteiger partial charge in [0.2, 0.25) is 5.91 Å². The highest BCUT2D eigenvalue weighted by molar-refractivity contribution is 6.66. The SMILES string of the molecule is C/C=C/C(=O)NCCC[Si](C)(OCC)OCC. The van der Waals surface area contributed by atoms with Gasteiger partial charge in [-0.25, -0.2) is 0 Å². The predicted octanol–water partition coefficient (Wildman–Crippen LogP) is 2.21. The van der Waals surface area contributed by atoms with E-state index in [-0.39, 0.29) is 5.91 Å². The van der Waals surface area contributed by atoms with Crippen molar-refractivity contribution in [3.8, 4) is 0 Å². The average molecular weight is 259 g/mol. The van der Waals surface area contributed by atoms with Crippen LogP contribution in [0.25, 0.3) is 0 Å². The number of hydrogen-bond acceptors (Lipinski definition) is 3. The molecule has 0 aromatic rings. The number of amides is 1. The Morgan fingerprint density at radius 2 is 1.88 bits per heavy atom. The molecule has 0 fully saturated rings. The van der Waals surface area contributed by atoms with E-state index >= 15 is 0 Å². The minimum Gasteiger partial charge on any atom is -0.395 e. The van der Waals surface area contributed by atoms with E-state index in [1.807, 2.05) is 20.8 Å². The van der Waals surface area contributed by atoms with Crippen molar-refractivity contribution in [2.75, 3.05) is 19.8 Å². The van der Waals surface area contributed by atoms with Gasteiger partial charge >= 0.3 is 8.56 Å². The zero-order valence-corrected chi connectivity index (χ0v) is 12.4. The number of hydrogen-bond donors (Lipinski definition) is 1. The molecule has 0 bridgehead atoms. The van der Waals surface area contributed by atoms with Crippen LogP contribution in [0, 0.1) is 0 Å². The molecule has 0 aliphatic heterocycles. The van der Waals surface area contributed by atoms with Crippen molar-refractivity contribution in [1.29, 1.82) is 0 Å². The maximum atomic E-state index is 11.2. The molecular weight excluding hydrogens is 234 g/mol. The summed E-state index contributed by atoms with van der Waals surface area (Å²) in [4.78, 5) is 11.2. The Labute approximate surface area is 106 Å². The lowest BCUT2D eigenvalue weighted by molar-refractivity contribution is -0.116. The second-order valence-electron chi connectivity index (χ2n) is 3.89. The summed E-state index contributed by atoms with van der Waals surface area (Å²) in [6, 6.07) is 0.908. The van der Waals surface area contributed by atoms with Crippen LogP contribution in [0.1, 0.15) is 27.2 Å². The molecule has 0 aromatic heterocycles. The van der Waals surface area contributed by atoms with E-state index < -0.39 is 8.56 Å². The van der Waals surface area contributed by atoms with Crippen molar-refractivity contribution < 1.29 is 13.6 Å². The largest absolute Gasteiger partial charge is 0.395 e. The molecule has 0 saturated heterocycles. The monoisotopic (exact) mass is 259 g/mol. The van der Waals surface area contributed by atoms with Crippen LogP contribution in [-0.2, 0) is 13.6 Å². The standard InChI is InChI=1S/C12H25NO3Si/c1-5-9-12(14)13-10-8-11-17(4,15-6-2)16-7-3/h5,9H,6-8,10-11H2,1-4H3,(H,13,14)/b9-5+. The van der Waals surface area contributed by atoms with Gasteiger partial charge in [0.25, 0.3) is 0 Å². The number of carbonyl (C=O) groups excluding carboxylic acids is 1. The van der Waals surface area contributed by atoms with Crippen LogP contribution in [0.4, 0.5) is 0 Å². The zero-order chi connectivity index (χ0) is 13.1. The van der Waals surface area contributed by atoms with E-state index in [9.17, 15) is 4.79 Å². The first-order valence-corrected chi connectivity index (χ1v) is 8.78. The molecule has 0 rings (SSSR count). The normalized spacial score (nSPS) is 12.0. The predicted molar refractivity (Wildman–Crippen MR) is 72.1 cm³/mol. The summed E-state index contributed by atoms with van der Waals surface area (Å²) in [7, 11) is -2.01. The fourth-order valence-corrected chi connectivity index (χ4v) is 4.04. The molecule has 0 spiro atoms. The fourth-order valence-electron chi connectivity index (χ4n) is 1.63. The van der Waals surface area contributed by atoms with Crippen LogP contribution in [-0.4, -0.2) is 34.2 Å². The minimum atomic E-state index is -2.01. The smallest absolute Gasteiger partial charge is 0.334 e. The van der Waals surface area contributed by atoms with Crippen molar-refractivity contribution in [2.45, 2.75) is 39.8 Å². The molecule has 0 saturated carbocycles. The number of nitrogens with one attached hydrogen (secondary N) is 1. The van der Waals surface area contributed by atoms with Gasteiger partial charge in [-0.1, -0.05) is 6.08 Å². The molecule has 0 unspecified atom stereocenters. The lowest BCUT2D eigenvalue weighted by atomic mass is 10.4. The lowest BCUT2D eigenvalue weighted by Gasteiger charge is -2.25. The van der Waals surface area contributed by atoms with Gasteiger partial charge in [-0.05, 0) is 45.9 Å². The van der Waals surface area contributed by atoms with Gasteiger partial charge < -0.3 is 14.2 Å². The summed E-state index contributed by atoms with van der Waals surface area (Å²) >= 11 is 0. The van der Waals surface area contributed by atoms with Crippen LogP contribution in [0.2, 0.25) is 12.6 Å². The van der Waals surface area contributed by atoms with E-state index in [1.54, 1.807) is 6.08 Å². The van der Waals surface area contributed by atoms with Crippen molar-refractivity contribution in [3.05, 3.63) is 12.2 Å². The molecule has 0 aromatic carbocycles. The zero-order valence-electron chi connectivity index (χ0n) is 11.4. The molecule has 4 nitrogen and oxygen atoms in total. The summed E-state index contributed by atoms with van der Waals surface area (Å²) in [5.41, 5.74) is 0. The molecule has 100 valence electrons. The first kappa shape index (κ1) is 16.3. The van der Waals surface area contributed by atoms with Crippen molar-refractivity contribution in [1.82, 2.24) is 5.32 Å². The van der Waals surface area contributed by atoms with Crippen LogP contribution >= 0.6 is 0 Å². The molecule has 0 radical (unpaired) electrons. The van der Waals surface area contributed by atoms with E-state index in [0.717, 1.165) is 12.5 Å². The van der Waals surface area contributed by atoms with E-state index in [2.05, 4.69) is 11.9 Å². The maximum absolute atomic E-state index is 11.2. The van der Waals surface area contributed by atoms with Crippen molar-refractivity contribution in [3.63, 3.8) is 0 Å². The number of allylic oxidation sites excluding steroid dienone is 1. The Morgan fingerprint density at radius 3 is 2.35 bits per heavy atom. The van der Waals surface area contributed by atoms with Crippen molar-refractivity contribution >= 4 is 14.5 Å². The third-order valence-electron chi connectivity index (χ3n) is 2.32. The summed E-state index contributed by atoms with van der Waals surface area (Å²) in [6.07, 6.45) is 4.16. The lowest BCUT2D eigenvalue weighted by Crippen LogP contribution is -2.39. The molecule has 0 heterocycles. The van der Waals surface area contributed by atoms with Gasteiger partial charge in [-0.3, -0.25) is 4.79 Å². The van der Waals surface area contributed by atoms with Gasteiger partial charge in [0, 0.05) is 19.8 Å². The third kappa shape index (κ3) is 8.12. The first-order valence-electron chi connectivity index (χ1n) is 6.26. The molecule has 1 N–H and O–H groups in total. The fraction of sp³-hybridized carbons (Fsp3) is 0.750. The summed E-state index contributed by atoms with van der Waals surface area (Å²) in [5, 5.41) is 2.83. The molecule has 0 atom stereocenters. The Kier molecular flexibility index (Phi) is 9.02.